The first-order valence-electron chi connectivity index (χ1n) is 14.2. The molecular weight excluding hydrogens is 452 g/mol. The van der Waals surface area contributed by atoms with Gasteiger partial charge in [0.1, 0.15) is 0 Å². The second-order valence-electron chi connectivity index (χ2n) is 13.5. The minimum atomic E-state index is -1.71. The summed E-state index contributed by atoms with van der Waals surface area (Å²) in [5, 5.41) is 9.86. The van der Waals surface area contributed by atoms with Gasteiger partial charge in [0.25, 0.3) is 0 Å². The van der Waals surface area contributed by atoms with Gasteiger partial charge in [-0.2, -0.15) is 0 Å². The predicted molar refractivity (Wildman–Crippen MR) is 146 cm³/mol. The topological polar surface area (TPSA) is 42.4 Å². The second-order valence-corrected chi connectivity index (χ2v) is 18.3. The summed E-state index contributed by atoms with van der Waals surface area (Å²) in [6, 6.07) is 0. The summed E-state index contributed by atoms with van der Waals surface area (Å²) in [6.45, 7) is 27.0. The van der Waals surface area contributed by atoms with E-state index in [1.54, 1.807) is 11.1 Å². The van der Waals surface area contributed by atoms with E-state index in [1.807, 2.05) is 0 Å². The van der Waals surface area contributed by atoms with Crippen LogP contribution >= 0.6 is 0 Å². The summed E-state index contributed by atoms with van der Waals surface area (Å²) in [7, 11) is -1.71. The fraction of sp³-hybridized carbons (Fsp3) is 0.857. The van der Waals surface area contributed by atoms with Gasteiger partial charge in [-0.25, -0.2) is 0 Å². The van der Waals surface area contributed by atoms with Gasteiger partial charge in [0, 0.05) is 102 Å². The number of aliphatic hydroxyl groups excluding tert-OH is 1. The fourth-order valence-electron chi connectivity index (χ4n) is 7.16. The molecule has 8 saturated heterocycles. The Hall–Kier alpha value is -0.543. The first-order valence-corrected chi connectivity index (χ1v) is 17.1. The van der Waals surface area contributed by atoms with Crippen molar-refractivity contribution in [3.63, 3.8) is 0 Å². The number of rotatable bonds is 4. The molecule has 8 heterocycles. The Morgan fingerprint density at radius 1 is 0.714 bits per heavy atom. The van der Waals surface area contributed by atoms with Crippen molar-refractivity contribution in [2.75, 3.05) is 91.8 Å². The van der Waals surface area contributed by atoms with E-state index in [-0.39, 0.29) is 11.6 Å². The van der Waals surface area contributed by atoms with E-state index in [1.165, 1.54) is 78.5 Å². The smallest absolute Gasteiger partial charge is 0.192 e. The predicted octanol–water partition coefficient (Wildman–Crippen LogP) is 2.59. The van der Waals surface area contributed by atoms with Crippen molar-refractivity contribution in [3.05, 3.63) is 23.3 Å². The highest BCUT2D eigenvalue weighted by Gasteiger charge is 2.42. The summed E-state index contributed by atoms with van der Waals surface area (Å²) in [5.74, 6) is 2.52. The molecule has 0 amide bonds. The van der Waals surface area contributed by atoms with Crippen molar-refractivity contribution in [1.82, 2.24) is 19.6 Å². The molecule has 0 spiro atoms. The highest BCUT2D eigenvalue weighted by molar-refractivity contribution is 6.74. The Bertz CT molecular complexity index is 754. The summed E-state index contributed by atoms with van der Waals surface area (Å²) in [4.78, 5) is 11.0. The van der Waals surface area contributed by atoms with Crippen molar-refractivity contribution in [2.24, 2.45) is 23.7 Å². The van der Waals surface area contributed by atoms with Gasteiger partial charge in [-0.05, 0) is 18.1 Å². The quantitative estimate of drug-likeness (QED) is 0.471. The monoisotopic (exact) mass is 502 g/mol. The van der Waals surface area contributed by atoms with E-state index in [4.69, 9.17) is 4.43 Å². The molecule has 0 saturated carbocycles. The third kappa shape index (κ3) is 5.66. The normalized spacial score (nSPS) is 39.7. The number of hydrogen-bond donors (Lipinski definition) is 1. The van der Waals surface area contributed by atoms with Gasteiger partial charge >= 0.3 is 0 Å². The van der Waals surface area contributed by atoms with Gasteiger partial charge in [-0.15, -0.1) is 0 Å². The Labute approximate surface area is 215 Å². The maximum absolute atomic E-state index is 9.59. The summed E-state index contributed by atoms with van der Waals surface area (Å²) >= 11 is 0. The zero-order chi connectivity index (χ0) is 24.8. The average molecular weight is 503 g/mol. The van der Waals surface area contributed by atoms with Crippen LogP contribution in [0.1, 0.15) is 20.8 Å². The van der Waals surface area contributed by atoms with Crippen molar-refractivity contribution in [2.45, 2.75) is 38.9 Å². The van der Waals surface area contributed by atoms with E-state index in [0.717, 1.165) is 6.61 Å². The maximum atomic E-state index is 9.59. The number of nitrogens with zero attached hydrogens (tertiary/aromatic N) is 4. The highest BCUT2D eigenvalue weighted by Crippen LogP contribution is 2.38. The largest absolute Gasteiger partial charge is 0.413 e. The molecule has 8 fully saturated rings. The Kier molecular flexibility index (Phi) is 7.69. The van der Waals surface area contributed by atoms with E-state index >= 15 is 0 Å². The molecule has 0 aromatic heterocycles. The highest BCUT2D eigenvalue weighted by atomic mass is 28.4. The summed E-state index contributed by atoms with van der Waals surface area (Å²) in [5.41, 5.74) is 3.24. The molecule has 1 N–H and O–H groups in total. The minimum absolute atomic E-state index is 0.198. The second kappa shape index (κ2) is 10.3. The van der Waals surface area contributed by atoms with Crippen molar-refractivity contribution in [3.8, 4) is 0 Å². The third-order valence-electron chi connectivity index (χ3n) is 10.1. The molecule has 0 aromatic rings. The number of hydrogen-bond acceptors (Lipinski definition) is 6. The van der Waals surface area contributed by atoms with Gasteiger partial charge in [-0.3, -0.25) is 0 Å². The number of aliphatic hydroxyl groups is 1. The van der Waals surface area contributed by atoms with Crippen LogP contribution in [-0.2, 0) is 4.43 Å². The van der Waals surface area contributed by atoms with Crippen molar-refractivity contribution >= 4 is 8.32 Å². The molecule has 7 heteroatoms. The summed E-state index contributed by atoms with van der Waals surface area (Å²) < 4.78 is 6.56. The van der Waals surface area contributed by atoms with Crippen LogP contribution in [0.25, 0.3) is 0 Å². The van der Waals surface area contributed by atoms with Crippen LogP contribution in [0.4, 0.5) is 0 Å². The Morgan fingerprint density at radius 3 is 1.37 bits per heavy atom. The van der Waals surface area contributed by atoms with Gasteiger partial charge in [-0.1, -0.05) is 44.1 Å². The molecule has 6 nitrogen and oxygen atoms in total. The average Bonchev–Trinajstić information content (AvgIpc) is 2.75. The Balaban J connectivity index is 1.28. The zero-order valence-electron chi connectivity index (χ0n) is 23.0. The molecule has 0 atom stereocenters. The van der Waals surface area contributed by atoms with Crippen LogP contribution in [0.3, 0.4) is 0 Å². The van der Waals surface area contributed by atoms with Crippen LogP contribution in [0.5, 0.6) is 0 Å². The Morgan fingerprint density at radius 2 is 1.06 bits per heavy atom. The lowest BCUT2D eigenvalue weighted by atomic mass is 9.78. The van der Waals surface area contributed by atoms with Gasteiger partial charge in [0.05, 0.1) is 13.2 Å². The van der Waals surface area contributed by atoms with Crippen LogP contribution in [-0.4, -0.2) is 125 Å². The van der Waals surface area contributed by atoms with Crippen LogP contribution < -0.4 is 0 Å². The lowest BCUT2D eigenvalue weighted by Crippen LogP contribution is -2.59. The molecular formula is C28H50N4O2Si. The molecule has 35 heavy (non-hydrogen) atoms. The summed E-state index contributed by atoms with van der Waals surface area (Å²) in [6.07, 6.45) is 4.63. The lowest BCUT2D eigenvalue weighted by molar-refractivity contribution is 0.0264. The first-order chi connectivity index (χ1) is 16.6. The van der Waals surface area contributed by atoms with Crippen molar-refractivity contribution in [1.29, 1.82) is 0 Å². The van der Waals surface area contributed by atoms with E-state index < -0.39 is 8.32 Å². The molecule has 8 bridgehead atoms. The maximum Gasteiger partial charge on any atom is 0.192 e. The van der Waals surface area contributed by atoms with Crippen LogP contribution in [0.2, 0.25) is 18.1 Å². The van der Waals surface area contributed by atoms with E-state index in [9.17, 15) is 5.11 Å². The van der Waals surface area contributed by atoms with Gasteiger partial charge < -0.3 is 29.1 Å². The SMILES string of the molecule is CC(C)(C)[Si](C)(C)OCC=C1C2CN3CCN4CC5CN(CCN(C2)CC1C3)CC(C4)C5=CCO. The fourth-order valence-corrected chi connectivity index (χ4v) is 8.10. The molecule has 8 aliphatic rings. The molecule has 198 valence electrons. The minimum Gasteiger partial charge on any atom is -0.413 e. The van der Waals surface area contributed by atoms with Crippen LogP contribution in [0.15, 0.2) is 23.3 Å². The van der Waals surface area contributed by atoms with Gasteiger partial charge in [0.2, 0.25) is 0 Å². The van der Waals surface area contributed by atoms with Gasteiger partial charge in [0.15, 0.2) is 8.32 Å². The van der Waals surface area contributed by atoms with E-state index in [0.29, 0.717) is 23.7 Å². The lowest BCUT2D eigenvalue weighted by Gasteiger charge is -2.51. The first kappa shape index (κ1) is 26.1. The molecule has 0 radical (unpaired) electrons. The standard InChI is InChI=1S/C28H50N4O2Si/c1-28(2,3)35(4,5)34-13-7-27-24-18-31-10-8-29-14-22-16-30(17-23(15-29)26(22)6-12-33)9-11-32(20-24)21-25(27)19-31/h6-7,22-25,33H,8-21H2,1-5H3. The van der Waals surface area contributed by atoms with Crippen molar-refractivity contribution < 1.29 is 9.53 Å². The molecule has 8 rings (SSSR count). The molecule has 0 aliphatic carbocycles. The zero-order valence-corrected chi connectivity index (χ0v) is 24.0. The molecule has 0 aromatic carbocycles. The molecule has 8 aliphatic heterocycles. The van der Waals surface area contributed by atoms with Crippen LogP contribution in [0, 0.1) is 23.7 Å². The third-order valence-corrected chi connectivity index (χ3v) is 14.6. The number of piperidine rings is 4. The molecule has 0 unspecified atom stereocenters. The van der Waals surface area contributed by atoms with E-state index in [2.05, 4.69) is 65.6 Å².